The van der Waals surface area contributed by atoms with Gasteiger partial charge in [-0.1, -0.05) is 84.9 Å². The molecule has 0 aliphatic carbocycles. The predicted octanol–water partition coefficient (Wildman–Crippen LogP) is 6.32. The maximum absolute atomic E-state index is 12.8. The third kappa shape index (κ3) is 4.51. The number of fused-ring (bicyclic) bond motifs is 3. The van der Waals surface area contributed by atoms with Gasteiger partial charge in [-0.3, -0.25) is 9.69 Å². The number of carbonyl (C=O) groups is 1. The van der Waals surface area contributed by atoms with Crippen molar-refractivity contribution in [2.75, 3.05) is 6.54 Å². The number of hydrogen-bond donors (Lipinski definition) is 1. The summed E-state index contributed by atoms with van der Waals surface area (Å²) >= 11 is 0. The van der Waals surface area contributed by atoms with Crippen molar-refractivity contribution in [1.29, 1.82) is 0 Å². The van der Waals surface area contributed by atoms with Gasteiger partial charge in [-0.05, 0) is 62.9 Å². The molecule has 0 atom stereocenters. The number of nitrogens with zero attached hydrogens (tertiary/aromatic N) is 2. The first-order chi connectivity index (χ1) is 17.7. The standard InChI is InChI=1S/C32H27N3O/c36-32(25-15-13-23(14-16-25)21-35-18-17-24-7-1-2-10-28(24)22-35)34-33-20-31-29-11-5-3-8-26(29)19-27-9-4-6-12-30(27)31/h1-16,19-20H,17-18,21-22H2,(H,34,36)/b33-20+. The molecule has 0 bridgehead atoms. The second kappa shape index (κ2) is 9.76. The predicted molar refractivity (Wildman–Crippen MR) is 147 cm³/mol. The maximum Gasteiger partial charge on any atom is 0.271 e. The van der Waals surface area contributed by atoms with Crippen molar-refractivity contribution in [2.24, 2.45) is 5.10 Å². The van der Waals surface area contributed by atoms with E-state index >= 15 is 0 Å². The van der Waals surface area contributed by atoms with E-state index in [1.165, 1.54) is 16.7 Å². The van der Waals surface area contributed by atoms with Crippen LogP contribution in [0.15, 0.2) is 108 Å². The van der Waals surface area contributed by atoms with Gasteiger partial charge >= 0.3 is 0 Å². The van der Waals surface area contributed by atoms with Crippen LogP contribution in [-0.2, 0) is 19.5 Å². The average molecular weight is 470 g/mol. The Morgan fingerprint density at radius 2 is 1.44 bits per heavy atom. The molecule has 0 spiro atoms. The summed E-state index contributed by atoms with van der Waals surface area (Å²) in [5, 5.41) is 8.84. The minimum Gasteiger partial charge on any atom is -0.294 e. The largest absolute Gasteiger partial charge is 0.294 e. The Hall–Kier alpha value is -4.28. The second-order valence-electron chi connectivity index (χ2n) is 9.36. The van der Waals surface area contributed by atoms with Crippen LogP contribution in [0, 0.1) is 0 Å². The number of hydrazone groups is 1. The summed E-state index contributed by atoms with van der Waals surface area (Å²) in [6, 6.07) is 35.2. The van der Waals surface area contributed by atoms with Crippen LogP contribution < -0.4 is 5.43 Å². The Labute approximate surface area is 210 Å². The van der Waals surface area contributed by atoms with Gasteiger partial charge in [-0.25, -0.2) is 5.43 Å². The van der Waals surface area contributed by atoms with E-state index in [9.17, 15) is 4.79 Å². The van der Waals surface area contributed by atoms with Gasteiger partial charge in [0.1, 0.15) is 0 Å². The highest BCUT2D eigenvalue weighted by atomic mass is 16.2. The molecule has 5 aromatic rings. The van der Waals surface area contributed by atoms with Crippen LogP contribution in [0.5, 0.6) is 0 Å². The van der Waals surface area contributed by atoms with E-state index in [1.54, 1.807) is 6.21 Å². The molecular weight excluding hydrogens is 442 g/mol. The van der Waals surface area contributed by atoms with Crippen molar-refractivity contribution in [3.8, 4) is 0 Å². The molecule has 0 radical (unpaired) electrons. The normalized spacial score (nSPS) is 13.8. The van der Waals surface area contributed by atoms with Gasteiger partial charge in [-0.15, -0.1) is 0 Å². The van der Waals surface area contributed by atoms with Crippen LogP contribution in [0.2, 0.25) is 0 Å². The van der Waals surface area contributed by atoms with Gasteiger partial charge in [0.15, 0.2) is 0 Å². The van der Waals surface area contributed by atoms with Gasteiger partial charge in [0.25, 0.3) is 5.91 Å². The van der Waals surface area contributed by atoms with Crippen molar-refractivity contribution in [3.05, 3.63) is 131 Å². The first kappa shape index (κ1) is 22.2. The summed E-state index contributed by atoms with van der Waals surface area (Å²) in [5.41, 5.74) is 8.39. The molecule has 1 aliphatic rings. The molecule has 0 aromatic heterocycles. The van der Waals surface area contributed by atoms with Crippen LogP contribution in [0.4, 0.5) is 0 Å². The Kier molecular flexibility index (Phi) is 6.02. The lowest BCUT2D eigenvalue weighted by molar-refractivity contribution is 0.0955. The molecule has 6 rings (SSSR count). The number of rotatable bonds is 5. The minimum absolute atomic E-state index is 0.214. The third-order valence-corrected chi connectivity index (χ3v) is 7.00. The van der Waals surface area contributed by atoms with E-state index in [4.69, 9.17) is 0 Å². The van der Waals surface area contributed by atoms with Gasteiger partial charge < -0.3 is 0 Å². The molecular formula is C32H27N3O. The van der Waals surface area contributed by atoms with Crippen molar-refractivity contribution in [1.82, 2.24) is 10.3 Å². The zero-order valence-electron chi connectivity index (χ0n) is 20.0. The molecule has 0 saturated heterocycles. The highest BCUT2D eigenvalue weighted by Crippen LogP contribution is 2.27. The molecule has 176 valence electrons. The molecule has 5 aromatic carbocycles. The average Bonchev–Trinajstić information content (AvgIpc) is 2.93. The van der Waals surface area contributed by atoms with Crippen molar-refractivity contribution in [2.45, 2.75) is 19.5 Å². The first-order valence-electron chi connectivity index (χ1n) is 12.4. The van der Waals surface area contributed by atoms with Crippen LogP contribution in [0.25, 0.3) is 21.5 Å². The third-order valence-electron chi connectivity index (χ3n) is 7.00. The Balaban J connectivity index is 1.14. The first-order valence-corrected chi connectivity index (χ1v) is 12.4. The summed E-state index contributed by atoms with van der Waals surface area (Å²) in [5.74, 6) is -0.214. The van der Waals surface area contributed by atoms with Crippen LogP contribution >= 0.6 is 0 Å². The number of carbonyl (C=O) groups excluding carboxylic acids is 1. The topological polar surface area (TPSA) is 44.7 Å². The molecule has 0 fully saturated rings. The number of benzene rings is 5. The molecule has 1 aliphatic heterocycles. The highest BCUT2D eigenvalue weighted by Gasteiger charge is 2.16. The smallest absolute Gasteiger partial charge is 0.271 e. The van der Waals surface area contributed by atoms with Gasteiger partial charge in [0.2, 0.25) is 0 Å². The number of nitrogens with one attached hydrogen (secondary N) is 1. The summed E-state index contributed by atoms with van der Waals surface area (Å²) in [4.78, 5) is 15.2. The molecule has 36 heavy (non-hydrogen) atoms. The molecule has 4 heteroatoms. The van der Waals surface area contributed by atoms with E-state index in [0.717, 1.165) is 53.2 Å². The molecule has 0 unspecified atom stereocenters. The summed E-state index contributed by atoms with van der Waals surface area (Å²) in [6.45, 7) is 2.90. The fourth-order valence-electron chi connectivity index (χ4n) is 5.12. The van der Waals surface area contributed by atoms with Crippen molar-refractivity contribution < 1.29 is 4.79 Å². The maximum atomic E-state index is 12.8. The van der Waals surface area contributed by atoms with Crippen molar-refractivity contribution >= 4 is 33.7 Å². The van der Waals surface area contributed by atoms with Crippen LogP contribution in [-0.4, -0.2) is 23.6 Å². The van der Waals surface area contributed by atoms with E-state index in [-0.39, 0.29) is 5.91 Å². The van der Waals surface area contributed by atoms with Gasteiger partial charge in [0, 0.05) is 30.8 Å². The molecule has 1 N–H and O–H groups in total. The van der Waals surface area contributed by atoms with Crippen molar-refractivity contribution in [3.63, 3.8) is 0 Å². The molecule has 1 heterocycles. The quantitative estimate of drug-likeness (QED) is 0.186. The fraction of sp³-hybridized carbons (Fsp3) is 0.125. The Bertz CT molecular complexity index is 1530. The Morgan fingerprint density at radius 3 is 2.17 bits per heavy atom. The zero-order chi connectivity index (χ0) is 24.3. The fourth-order valence-corrected chi connectivity index (χ4v) is 5.12. The monoisotopic (exact) mass is 469 g/mol. The van der Waals surface area contributed by atoms with Crippen LogP contribution in [0.1, 0.15) is 32.6 Å². The lowest BCUT2D eigenvalue weighted by Crippen LogP contribution is -2.30. The molecule has 1 amide bonds. The summed E-state index contributed by atoms with van der Waals surface area (Å²) in [7, 11) is 0. The lowest BCUT2D eigenvalue weighted by Gasteiger charge is -2.28. The molecule has 0 saturated carbocycles. The molecule has 4 nitrogen and oxygen atoms in total. The summed E-state index contributed by atoms with van der Waals surface area (Å²) < 4.78 is 0. The van der Waals surface area contributed by atoms with E-state index in [0.29, 0.717) is 5.56 Å². The van der Waals surface area contributed by atoms with Gasteiger partial charge in [-0.2, -0.15) is 5.10 Å². The minimum atomic E-state index is -0.214. The van der Waals surface area contributed by atoms with E-state index in [2.05, 4.69) is 70.0 Å². The lowest BCUT2D eigenvalue weighted by atomic mass is 9.97. The SMILES string of the molecule is O=C(N/N=C/c1c2ccccc2cc2ccccc12)c1ccc(CN2CCc3ccccc3C2)cc1. The van der Waals surface area contributed by atoms with Crippen LogP contribution in [0.3, 0.4) is 0 Å². The van der Waals surface area contributed by atoms with E-state index in [1.807, 2.05) is 48.5 Å². The second-order valence-corrected chi connectivity index (χ2v) is 9.36. The highest BCUT2D eigenvalue weighted by molar-refractivity contribution is 6.13. The van der Waals surface area contributed by atoms with Gasteiger partial charge in [0.05, 0.1) is 6.21 Å². The Morgan fingerprint density at radius 1 is 0.806 bits per heavy atom. The number of amides is 1. The summed E-state index contributed by atoms with van der Waals surface area (Å²) in [6.07, 6.45) is 2.84. The van der Waals surface area contributed by atoms with E-state index < -0.39 is 0 Å². The number of hydrogen-bond acceptors (Lipinski definition) is 3. The zero-order valence-corrected chi connectivity index (χ0v) is 20.0.